The van der Waals surface area contributed by atoms with Crippen LogP contribution in [0.1, 0.15) is 18.6 Å². The molecule has 0 aliphatic carbocycles. The first kappa shape index (κ1) is 18.8. The van der Waals surface area contributed by atoms with Gasteiger partial charge < -0.3 is 9.47 Å². The first-order chi connectivity index (χ1) is 14.1. The first-order valence-electron chi connectivity index (χ1n) is 9.58. The second kappa shape index (κ2) is 8.19. The van der Waals surface area contributed by atoms with Crippen LogP contribution in [0.15, 0.2) is 97.1 Å². The van der Waals surface area contributed by atoms with Crippen molar-refractivity contribution in [3.05, 3.63) is 103 Å². The Morgan fingerprint density at radius 3 is 2.00 bits per heavy atom. The van der Waals surface area contributed by atoms with Gasteiger partial charge in [0.2, 0.25) is 0 Å². The highest BCUT2D eigenvalue weighted by Gasteiger charge is 2.19. The van der Waals surface area contributed by atoms with Crippen LogP contribution in [0.3, 0.4) is 0 Å². The zero-order valence-electron chi connectivity index (χ0n) is 16.3. The van der Waals surface area contributed by atoms with E-state index < -0.39 is 12.1 Å². The van der Waals surface area contributed by atoms with Crippen LogP contribution in [-0.2, 0) is 9.53 Å². The van der Waals surface area contributed by atoms with Crippen LogP contribution in [0, 0.1) is 0 Å². The van der Waals surface area contributed by atoms with Gasteiger partial charge in [0.05, 0.1) is 0 Å². The van der Waals surface area contributed by atoms with E-state index >= 15 is 0 Å². The number of rotatable bonds is 6. The summed E-state index contributed by atoms with van der Waals surface area (Å²) in [5.74, 6) is 0.372. The van der Waals surface area contributed by atoms with Gasteiger partial charge in [0.1, 0.15) is 12.4 Å². The molecular formula is C26H22O3. The quantitative estimate of drug-likeness (QED) is 0.225. The van der Waals surface area contributed by atoms with Gasteiger partial charge in [0.25, 0.3) is 0 Å². The fourth-order valence-corrected chi connectivity index (χ4v) is 3.38. The lowest BCUT2D eigenvalue weighted by Crippen LogP contribution is -2.18. The lowest BCUT2D eigenvalue weighted by atomic mass is 10.0. The Morgan fingerprint density at radius 2 is 1.41 bits per heavy atom. The van der Waals surface area contributed by atoms with Crippen LogP contribution < -0.4 is 4.74 Å². The molecule has 0 aromatic heterocycles. The van der Waals surface area contributed by atoms with Crippen molar-refractivity contribution in [3.63, 3.8) is 0 Å². The summed E-state index contributed by atoms with van der Waals surface area (Å²) in [4.78, 5) is 12.2. The van der Waals surface area contributed by atoms with Crippen molar-refractivity contribution in [1.82, 2.24) is 0 Å². The van der Waals surface area contributed by atoms with Gasteiger partial charge in [0, 0.05) is 16.3 Å². The normalized spacial score (nSPS) is 11.9. The molecule has 0 aliphatic heterocycles. The second-order valence-corrected chi connectivity index (χ2v) is 7.04. The van der Waals surface area contributed by atoms with E-state index in [1.807, 2.05) is 54.6 Å². The minimum absolute atomic E-state index is 0.209. The number of carbonyl (C=O) groups is 1. The van der Waals surface area contributed by atoms with Gasteiger partial charge in [-0.2, -0.15) is 0 Å². The van der Waals surface area contributed by atoms with Crippen molar-refractivity contribution >= 4 is 27.5 Å². The zero-order valence-corrected chi connectivity index (χ0v) is 16.3. The zero-order chi connectivity index (χ0) is 20.2. The summed E-state index contributed by atoms with van der Waals surface area (Å²) in [7, 11) is 0. The second-order valence-electron chi connectivity index (χ2n) is 7.04. The van der Waals surface area contributed by atoms with Gasteiger partial charge in [-0.1, -0.05) is 85.4 Å². The van der Waals surface area contributed by atoms with Crippen molar-refractivity contribution in [3.8, 4) is 5.75 Å². The Hall–Kier alpha value is -3.59. The summed E-state index contributed by atoms with van der Waals surface area (Å²) in [6.45, 7) is 5.54. The van der Waals surface area contributed by atoms with E-state index in [1.54, 1.807) is 6.92 Å². The molecule has 3 heteroatoms. The topological polar surface area (TPSA) is 35.5 Å². The molecule has 0 aliphatic rings. The molecule has 0 bridgehead atoms. The van der Waals surface area contributed by atoms with Crippen molar-refractivity contribution < 1.29 is 14.3 Å². The van der Waals surface area contributed by atoms with Gasteiger partial charge in [-0.05, 0) is 29.3 Å². The molecule has 1 unspecified atom stereocenters. The molecule has 0 radical (unpaired) electrons. The highest BCUT2D eigenvalue weighted by molar-refractivity contribution is 6.05. The molecule has 4 rings (SSSR count). The highest BCUT2D eigenvalue weighted by atomic mass is 16.6. The van der Waals surface area contributed by atoms with E-state index in [2.05, 4.69) is 36.9 Å². The molecule has 3 nitrogen and oxygen atoms in total. The van der Waals surface area contributed by atoms with E-state index in [1.165, 1.54) is 0 Å². The van der Waals surface area contributed by atoms with Crippen LogP contribution in [0.25, 0.3) is 21.5 Å². The van der Waals surface area contributed by atoms with E-state index in [4.69, 9.17) is 9.47 Å². The Labute approximate surface area is 170 Å². The van der Waals surface area contributed by atoms with Crippen molar-refractivity contribution in [2.45, 2.75) is 13.0 Å². The predicted octanol–water partition coefficient (Wildman–Crippen LogP) is 6.23. The number of esters is 1. The average molecular weight is 382 g/mol. The Kier molecular flexibility index (Phi) is 5.30. The molecule has 0 heterocycles. The maximum absolute atomic E-state index is 12.2. The van der Waals surface area contributed by atoms with E-state index in [9.17, 15) is 4.79 Å². The molecule has 0 N–H and O–H groups in total. The monoisotopic (exact) mass is 382 g/mol. The standard InChI is InChI=1S/C26H22O3/c1-18(2)26(27)29-24(19-10-4-3-5-11-19)17-28-25-22-14-8-6-12-20(22)16-21-13-7-9-15-23(21)25/h3-16,24H,1,17H2,2H3. The molecule has 29 heavy (non-hydrogen) atoms. The summed E-state index contributed by atoms with van der Waals surface area (Å²) in [5.41, 5.74) is 1.24. The van der Waals surface area contributed by atoms with Gasteiger partial charge in [0.15, 0.2) is 6.10 Å². The Morgan fingerprint density at radius 1 is 0.862 bits per heavy atom. The van der Waals surface area contributed by atoms with E-state index in [0.29, 0.717) is 5.57 Å². The van der Waals surface area contributed by atoms with Crippen molar-refractivity contribution in [2.75, 3.05) is 6.61 Å². The fourth-order valence-electron chi connectivity index (χ4n) is 3.38. The molecule has 0 fully saturated rings. The summed E-state index contributed by atoms with van der Waals surface area (Å²) >= 11 is 0. The molecule has 4 aromatic carbocycles. The van der Waals surface area contributed by atoms with Crippen LogP contribution in [-0.4, -0.2) is 12.6 Å². The third-order valence-electron chi connectivity index (χ3n) is 4.87. The summed E-state index contributed by atoms with van der Waals surface area (Å²) in [6.07, 6.45) is -0.530. The first-order valence-corrected chi connectivity index (χ1v) is 9.58. The summed E-state index contributed by atoms with van der Waals surface area (Å²) in [5, 5.41) is 4.28. The number of benzene rings is 4. The number of ether oxygens (including phenoxy) is 2. The van der Waals surface area contributed by atoms with E-state index in [-0.39, 0.29) is 6.61 Å². The number of fused-ring (bicyclic) bond motifs is 2. The van der Waals surface area contributed by atoms with Crippen LogP contribution in [0.4, 0.5) is 0 Å². The predicted molar refractivity (Wildman–Crippen MR) is 117 cm³/mol. The minimum atomic E-state index is -0.530. The average Bonchev–Trinajstić information content (AvgIpc) is 2.76. The van der Waals surface area contributed by atoms with Crippen LogP contribution >= 0.6 is 0 Å². The minimum Gasteiger partial charge on any atom is -0.488 e. The third-order valence-corrected chi connectivity index (χ3v) is 4.87. The van der Waals surface area contributed by atoms with E-state index in [0.717, 1.165) is 32.9 Å². The Balaban J connectivity index is 1.72. The lowest BCUT2D eigenvalue weighted by Gasteiger charge is -2.20. The number of hydrogen-bond acceptors (Lipinski definition) is 3. The fraction of sp³-hybridized carbons (Fsp3) is 0.115. The van der Waals surface area contributed by atoms with Gasteiger partial charge in [-0.25, -0.2) is 4.79 Å². The Bertz CT molecular complexity index is 1120. The van der Waals surface area contributed by atoms with Crippen molar-refractivity contribution in [2.24, 2.45) is 0 Å². The molecular weight excluding hydrogens is 360 g/mol. The molecule has 0 saturated carbocycles. The van der Waals surface area contributed by atoms with Crippen LogP contribution in [0.5, 0.6) is 5.75 Å². The van der Waals surface area contributed by atoms with Gasteiger partial charge in [-0.15, -0.1) is 0 Å². The lowest BCUT2D eigenvalue weighted by molar-refractivity contribution is -0.146. The molecule has 0 spiro atoms. The number of hydrogen-bond donors (Lipinski definition) is 0. The third kappa shape index (κ3) is 3.99. The van der Waals surface area contributed by atoms with Gasteiger partial charge >= 0.3 is 5.97 Å². The summed E-state index contributed by atoms with van der Waals surface area (Å²) < 4.78 is 12.0. The highest BCUT2D eigenvalue weighted by Crippen LogP contribution is 2.35. The van der Waals surface area contributed by atoms with Crippen LogP contribution in [0.2, 0.25) is 0 Å². The molecule has 0 amide bonds. The summed E-state index contributed by atoms with van der Waals surface area (Å²) in [6, 6.07) is 28.1. The molecule has 0 saturated heterocycles. The maximum atomic E-state index is 12.2. The molecule has 1 atom stereocenters. The smallest absolute Gasteiger partial charge is 0.333 e. The van der Waals surface area contributed by atoms with Crippen molar-refractivity contribution in [1.29, 1.82) is 0 Å². The molecule has 4 aromatic rings. The maximum Gasteiger partial charge on any atom is 0.333 e. The largest absolute Gasteiger partial charge is 0.488 e. The number of carbonyl (C=O) groups excluding carboxylic acids is 1. The molecule has 144 valence electrons. The van der Waals surface area contributed by atoms with Gasteiger partial charge in [-0.3, -0.25) is 0 Å². The SMILES string of the molecule is C=C(C)C(=O)OC(COc1c2ccccc2cc2ccccc12)c1ccccc1.